The number of phosphoric acid groups is 2. The standard InChI is InChI=1S/C14H26N4O11P2.C6H13N3O3/c1-18(2,3)6-7-26-30(22,23)29-31(24,25)27-8-9-11(19)12(20)13(28-9)17-5-4-10(15)16-14(17)21;7-4(5(10)11)2-1-3-9-6(8)12/h4-5,9,11-13,19-20H,6-8H2,1-3H3,(H3-,15,16,21,22,23,24,25);4H,1-3,7H2,(H,10,11)(H3,8,9,12)/p+1/t9-,11-,12-,13-;4-/m10/s1. The Morgan fingerprint density at radius 2 is 1.79 bits per heavy atom. The lowest BCUT2D eigenvalue weighted by atomic mass is 10.1. The summed E-state index contributed by atoms with van der Waals surface area (Å²) in [5, 5.41) is 30.9. The minimum absolute atomic E-state index is 0.0652. The van der Waals surface area contributed by atoms with Crippen LogP contribution in [0.1, 0.15) is 19.1 Å². The number of nitrogen functional groups attached to an aromatic ring is 1. The highest BCUT2D eigenvalue weighted by atomic mass is 31.3. The Bertz CT molecular complexity index is 1230. The van der Waals surface area contributed by atoms with Gasteiger partial charge in [-0.3, -0.25) is 18.4 Å². The Morgan fingerprint density at radius 3 is 2.33 bits per heavy atom. The molecular formula is C20H40N7O14P2+. The SMILES string of the molecule is C[N+](C)(C)CCOP(=O)(O)OP(=O)(O)OC[C@H]1O[C@@H](n2ccc(N)nc2=O)[C@H](O)[C@@H]1O.NC(=O)NCCC[C@H](N)C(=O)O. The van der Waals surface area contributed by atoms with E-state index in [1.807, 2.05) is 0 Å². The summed E-state index contributed by atoms with van der Waals surface area (Å²) in [6.07, 6.45) is -3.98. The number of anilines is 1. The number of quaternary nitrogens is 1. The molecule has 1 aromatic rings. The van der Waals surface area contributed by atoms with Crippen LogP contribution in [0.25, 0.3) is 0 Å². The van der Waals surface area contributed by atoms with Gasteiger partial charge in [0.25, 0.3) is 0 Å². The number of carboxylic acid groups (broad SMARTS) is 1. The fraction of sp³-hybridized carbons (Fsp3) is 0.700. The number of carbonyl (C=O) groups is 2. The Morgan fingerprint density at radius 1 is 1.19 bits per heavy atom. The number of nitrogens with two attached hydrogens (primary N) is 3. The van der Waals surface area contributed by atoms with Crippen LogP contribution in [0, 0.1) is 0 Å². The molecule has 0 saturated carbocycles. The van der Waals surface area contributed by atoms with Gasteiger partial charge in [0.2, 0.25) is 0 Å². The van der Waals surface area contributed by atoms with Crippen LogP contribution < -0.4 is 28.2 Å². The van der Waals surface area contributed by atoms with Crippen LogP contribution in [-0.2, 0) is 32.0 Å². The first-order valence-electron chi connectivity index (χ1n) is 12.5. The highest BCUT2D eigenvalue weighted by Crippen LogP contribution is 2.60. The van der Waals surface area contributed by atoms with E-state index in [0.717, 1.165) is 4.57 Å². The highest BCUT2D eigenvalue weighted by Gasteiger charge is 2.46. The number of primary amides is 1. The van der Waals surface area contributed by atoms with Crippen molar-refractivity contribution < 1.29 is 66.4 Å². The van der Waals surface area contributed by atoms with Crippen molar-refractivity contribution in [1.29, 1.82) is 0 Å². The van der Waals surface area contributed by atoms with Gasteiger partial charge in [0.05, 0.1) is 27.7 Å². The molecule has 1 fully saturated rings. The number of carboxylic acids is 1. The topological polar surface area (TPSA) is 331 Å². The normalized spacial score (nSPS) is 23.7. The molecule has 248 valence electrons. The molecule has 1 aliphatic rings. The predicted molar refractivity (Wildman–Crippen MR) is 147 cm³/mol. The van der Waals surface area contributed by atoms with Gasteiger partial charge in [0, 0.05) is 12.7 Å². The second-order valence-electron chi connectivity index (χ2n) is 10.1. The smallest absolute Gasteiger partial charge is 0.480 e. The number of carbonyl (C=O) groups excluding carboxylic acids is 1. The third-order valence-corrected chi connectivity index (χ3v) is 8.03. The first kappa shape index (κ1) is 38.5. The van der Waals surface area contributed by atoms with E-state index >= 15 is 0 Å². The lowest BCUT2D eigenvalue weighted by molar-refractivity contribution is -0.870. The molecule has 0 aromatic carbocycles. The summed E-state index contributed by atoms with van der Waals surface area (Å²) < 4.78 is 43.9. The molecule has 1 saturated heterocycles. The van der Waals surface area contributed by atoms with Crippen LogP contribution in [0.4, 0.5) is 10.6 Å². The highest BCUT2D eigenvalue weighted by molar-refractivity contribution is 7.61. The first-order valence-corrected chi connectivity index (χ1v) is 15.5. The molecule has 43 heavy (non-hydrogen) atoms. The van der Waals surface area contributed by atoms with Crippen LogP contribution in [-0.4, -0.2) is 123 Å². The maximum absolute atomic E-state index is 12.0. The van der Waals surface area contributed by atoms with Gasteiger partial charge in [-0.1, -0.05) is 0 Å². The molecule has 2 rings (SSSR count). The molecular weight excluding hydrogens is 624 g/mol. The maximum Gasteiger partial charge on any atom is 0.481 e. The monoisotopic (exact) mass is 664 g/mol. The maximum atomic E-state index is 12.0. The van der Waals surface area contributed by atoms with Gasteiger partial charge in [-0.05, 0) is 18.9 Å². The summed E-state index contributed by atoms with van der Waals surface area (Å²) in [6.45, 7) is -0.389. The van der Waals surface area contributed by atoms with E-state index in [-0.39, 0.29) is 12.4 Å². The number of nitrogens with zero attached hydrogens (tertiary/aromatic N) is 3. The minimum Gasteiger partial charge on any atom is -0.480 e. The molecule has 1 aromatic heterocycles. The number of hydrogen-bond donors (Lipinski definition) is 9. The number of urea groups is 1. The summed E-state index contributed by atoms with van der Waals surface area (Å²) in [7, 11) is -4.64. The second kappa shape index (κ2) is 16.5. The van der Waals surface area contributed by atoms with E-state index < -0.39 is 70.5 Å². The Kier molecular flexibility index (Phi) is 14.8. The van der Waals surface area contributed by atoms with E-state index in [9.17, 15) is 43.5 Å². The van der Waals surface area contributed by atoms with Crippen molar-refractivity contribution in [2.75, 3.05) is 53.2 Å². The molecule has 2 unspecified atom stereocenters. The van der Waals surface area contributed by atoms with Gasteiger partial charge in [0.1, 0.15) is 43.3 Å². The molecule has 0 spiro atoms. The molecule has 2 heterocycles. The zero-order valence-electron chi connectivity index (χ0n) is 23.7. The van der Waals surface area contributed by atoms with Crippen LogP contribution >= 0.6 is 15.6 Å². The number of ether oxygens (including phenoxy) is 1. The number of aliphatic hydroxyl groups is 2. The summed E-state index contributed by atoms with van der Waals surface area (Å²) in [5.74, 6) is -1.10. The number of aliphatic hydroxyl groups excluding tert-OH is 2. The van der Waals surface area contributed by atoms with Crippen molar-refractivity contribution in [3.63, 3.8) is 0 Å². The average Bonchev–Trinajstić information content (AvgIpc) is 3.12. The third kappa shape index (κ3) is 14.7. The van der Waals surface area contributed by atoms with Gasteiger partial charge < -0.3 is 56.8 Å². The number of phosphoric ester groups is 2. The largest absolute Gasteiger partial charge is 0.481 e. The molecule has 12 N–H and O–H groups in total. The number of amides is 2. The zero-order valence-corrected chi connectivity index (χ0v) is 25.5. The number of rotatable bonds is 15. The van der Waals surface area contributed by atoms with Gasteiger partial charge in [0.15, 0.2) is 6.23 Å². The van der Waals surface area contributed by atoms with Gasteiger partial charge in [-0.15, -0.1) is 0 Å². The van der Waals surface area contributed by atoms with Crippen LogP contribution in [0.5, 0.6) is 0 Å². The van der Waals surface area contributed by atoms with Crippen molar-refractivity contribution in [2.45, 2.75) is 43.4 Å². The van der Waals surface area contributed by atoms with Gasteiger partial charge in [-0.2, -0.15) is 9.29 Å². The number of aliphatic carboxylic acids is 1. The van der Waals surface area contributed by atoms with Crippen molar-refractivity contribution >= 4 is 33.5 Å². The van der Waals surface area contributed by atoms with Crippen molar-refractivity contribution in [2.24, 2.45) is 11.5 Å². The fourth-order valence-corrected chi connectivity index (χ4v) is 5.22. The van der Waals surface area contributed by atoms with Crippen LogP contribution in [0.2, 0.25) is 0 Å². The fourth-order valence-electron chi connectivity index (χ4n) is 3.15. The Balaban J connectivity index is 0.000000650. The summed E-state index contributed by atoms with van der Waals surface area (Å²) >= 11 is 0. The Hall–Kier alpha value is -2.52. The first-order chi connectivity index (χ1) is 19.6. The molecule has 2 amide bonds. The van der Waals surface area contributed by atoms with Crippen LogP contribution in [0.3, 0.4) is 0 Å². The molecule has 0 aliphatic carbocycles. The third-order valence-electron chi connectivity index (χ3n) is 5.40. The van der Waals surface area contributed by atoms with E-state index in [4.69, 9.17) is 27.0 Å². The summed E-state index contributed by atoms with van der Waals surface area (Å²) in [6, 6.07) is -0.209. The van der Waals surface area contributed by atoms with Crippen molar-refractivity contribution in [3.05, 3.63) is 22.7 Å². The second-order valence-corrected chi connectivity index (χ2v) is 13.2. The number of hydrogen-bond acceptors (Lipinski definition) is 14. The Labute approximate surface area is 245 Å². The van der Waals surface area contributed by atoms with Gasteiger partial charge >= 0.3 is 33.3 Å². The minimum atomic E-state index is -5.11. The number of likely N-dealkylation sites (N-methyl/N-ethyl adjacent to an activating group) is 1. The van der Waals surface area contributed by atoms with E-state index in [2.05, 4.69) is 23.7 Å². The quantitative estimate of drug-likeness (QED) is 0.0521. The lowest BCUT2D eigenvalue weighted by Crippen LogP contribution is -2.37. The number of nitrogens with one attached hydrogen (secondary N) is 1. The molecule has 0 radical (unpaired) electrons. The van der Waals surface area contributed by atoms with Crippen molar-refractivity contribution in [1.82, 2.24) is 14.9 Å². The van der Waals surface area contributed by atoms with E-state index in [1.54, 1.807) is 21.1 Å². The van der Waals surface area contributed by atoms with Crippen LogP contribution in [0.15, 0.2) is 17.1 Å². The molecule has 23 heteroatoms. The van der Waals surface area contributed by atoms with Crippen molar-refractivity contribution in [3.8, 4) is 0 Å². The predicted octanol–water partition coefficient (Wildman–Crippen LogP) is -2.75. The van der Waals surface area contributed by atoms with E-state index in [0.29, 0.717) is 30.4 Å². The van der Waals surface area contributed by atoms with E-state index in [1.165, 1.54) is 12.3 Å². The number of aromatic nitrogens is 2. The summed E-state index contributed by atoms with van der Waals surface area (Å²) in [4.78, 5) is 55.0. The molecule has 21 nitrogen and oxygen atoms in total. The molecule has 7 atom stereocenters. The zero-order chi connectivity index (χ0) is 33.2. The molecule has 1 aliphatic heterocycles. The molecule has 0 bridgehead atoms. The van der Waals surface area contributed by atoms with Gasteiger partial charge in [-0.25, -0.2) is 18.7 Å². The summed E-state index contributed by atoms with van der Waals surface area (Å²) in [5.41, 5.74) is 14.5. The lowest BCUT2D eigenvalue weighted by Gasteiger charge is -2.24. The average molecular weight is 665 g/mol.